The maximum atomic E-state index is 13.5. The first-order chi connectivity index (χ1) is 18.4. The van der Waals surface area contributed by atoms with Crippen LogP contribution in [0.4, 0.5) is 5.69 Å². The number of amides is 1. The van der Waals surface area contributed by atoms with Crippen molar-refractivity contribution in [2.75, 3.05) is 44.3 Å². The van der Waals surface area contributed by atoms with Gasteiger partial charge in [0, 0.05) is 72.1 Å². The van der Waals surface area contributed by atoms with Gasteiger partial charge in [-0.2, -0.15) is 0 Å². The maximum Gasteiger partial charge on any atom is 0.251 e. The highest BCUT2D eigenvalue weighted by Crippen LogP contribution is 2.32. The molecular weight excluding hydrogens is 476 g/mol. The van der Waals surface area contributed by atoms with E-state index in [0.29, 0.717) is 23.7 Å². The van der Waals surface area contributed by atoms with Gasteiger partial charge in [-0.25, -0.2) is 0 Å². The van der Waals surface area contributed by atoms with Crippen LogP contribution in [0.15, 0.2) is 23.0 Å². The molecule has 1 saturated heterocycles. The van der Waals surface area contributed by atoms with Gasteiger partial charge in [0.2, 0.25) is 0 Å². The number of aryl methyl sites for hydroxylation is 2. The van der Waals surface area contributed by atoms with Crippen LogP contribution in [-0.2, 0) is 11.3 Å². The van der Waals surface area contributed by atoms with Gasteiger partial charge in [-0.15, -0.1) is 0 Å². The molecule has 0 unspecified atom stereocenters. The smallest absolute Gasteiger partial charge is 0.251 e. The summed E-state index contributed by atoms with van der Waals surface area (Å²) >= 11 is 0. The summed E-state index contributed by atoms with van der Waals surface area (Å²) in [6.07, 6.45) is 6.15. The lowest BCUT2D eigenvalue weighted by atomic mass is 9.92. The van der Waals surface area contributed by atoms with Crippen molar-refractivity contribution in [3.05, 3.63) is 62.1 Å². The van der Waals surface area contributed by atoms with Gasteiger partial charge in [-0.3, -0.25) is 14.5 Å². The largest absolute Gasteiger partial charge is 0.379 e. The van der Waals surface area contributed by atoms with E-state index in [0.717, 1.165) is 61.1 Å². The number of nitrogens with zero attached hydrogens (tertiary/aromatic N) is 2. The second kappa shape index (κ2) is 13.1. The van der Waals surface area contributed by atoms with Crippen molar-refractivity contribution in [1.82, 2.24) is 15.2 Å². The van der Waals surface area contributed by atoms with Crippen LogP contribution in [0, 0.1) is 32.6 Å². The fourth-order valence-electron chi connectivity index (χ4n) is 5.70. The Hall–Kier alpha value is -3.08. The van der Waals surface area contributed by atoms with Gasteiger partial charge in [-0.05, 0) is 58.2 Å². The lowest BCUT2D eigenvalue weighted by Gasteiger charge is -2.37. The van der Waals surface area contributed by atoms with E-state index >= 15 is 0 Å². The van der Waals surface area contributed by atoms with Crippen LogP contribution < -0.4 is 15.6 Å². The zero-order valence-electron chi connectivity index (χ0n) is 23.4. The molecule has 0 spiro atoms. The minimum Gasteiger partial charge on any atom is -0.379 e. The highest BCUT2D eigenvalue weighted by molar-refractivity contribution is 5.97. The van der Waals surface area contributed by atoms with Crippen LogP contribution in [0.3, 0.4) is 0 Å². The van der Waals surface area contributed by atoms with E-state index in [1.165, 1.54) is 32.1 Å². The molecule has 1 aliphatic carbocycles. The van der Waals surface area contributed by atoms with E-state index in [-0.39, 0.29) is 17.9 Å². The van der Waals surface area contributed by atoms with E-state index in [2.05, 4.69) is 44.9 Å². The first-order valence-electron chi connectivity index (χ1n) is 14.0. The first-order valence-corrected chi connectivity index (χ1v) is 14.0. The topological polar surface area (TPSA) is 77.7 Å². The van der Waals surface area contributed by atoms with Crippen LogP contribution in [0.25, 0.3) is 0 Å². The molecule has 2 fully saturated rings. The number of aromatic nitrogens is 1. The molecule has 2 aromatic rings. The number of carbonyl (C=O) groups is 1. The predicted octanol–water partition coefficient (Wildman–Crippen LogP) is 4.07. The molecule has 0 atom stereocenters. The normalized spacial score (nSPS) is 16.5. The van der Waals surface area contributed by atoms with Gasteiger partial charge >= 0.3 is 0 Å². The Balaban J connectivity index is 1.63. The molecule has 38 heavy (non-hydrogen) atoms. The first kappa shape index (κ1) is 27.9. The Morgan fingerprint density at radius 1 is 1.13 bits per heavy atom. The second-order valence-electron chi connectivity index (χ2n) is 10.5. The van der Waals surface area contributed by atoms with Crippen LogP contribution in [0.5, 0.6) is 0 Å². The van der Waals surface area contributed by atoms with Crippen molar-refractivity contribution in [2.45, 2.75) is 72.4 Å². The minimum atomic E-state index is -0.181. The van der Waals surface area contributed by atoms with Crippen LogP contribution >= 0.6 is 0 Å². The highest BCUT2D eigenvalue weighted by atomic mass is 16.5. The molecule has 204 valence electrons. The standard InChI is InChI=1S/C31H42N4O3/c1-5-35(26-11-7-6-8-12-26)29-20-25(10-9-13-34-14-16-38-17-15-34)19-27(23(29)3)31(37)32-21-28-24(4)33-22(2)18-30(28)36/h18-20,26H,5-8,11-17,21H2,1-4H3,(H,32,37)(H,33,36). The minimum absolute atomic E-state index is 0.0614. The number of nitrogens with one attached hydrogen (secondary N) is 2. The molecular formula is C31H42N4O3. The lowest BCUT2D eigenvalue weighted by Crippen LogP contribution is -2.37. The van der Waals surface area contributed by atoms with E-state index < -0.39 is 0 Å². The van der Waals surface area contributed by atoms with E-state index in [9.17, 15) is 9.59 Å². The third-order valence-corrected chi connectivity index (χ3v) is 7.84. The van der Waals surface area contributed by atoms with E-state index in [1.807, 2.05) is 26.8 Å². The average molecular weight is 519 g/mol. The Morgan fingerprint density at radius 2 is 1.87 bits per heavy atom. The van der Waals surface area contributed by atoms with Crippen molar-refractivity contribution < 1.29 is 9.53 Å². The number of hydrogen-bond donors (Lipinski definition) is 2. The summed E-state index contributed by atoms with van der Waals surface area (Å²) < 4.78 is 5.45. The molecule has 7 heteroatoms. The quantitative estimate of drug-likeness (QED) is 0.541. The number of rotatable bonds is 7. The monoisotopic (exact) mass is 518 g/mol. The Bertz CT molecular complexity index is 1240. The molecule has 1 amide bonds. The third kappa shape index (κ3) is 6.86. The Labute approximate surface area is 227 Å². The number of ether oxygens (including phenoxy) is 1. The highest BCUT2D eigenvalue weighted by Gasteiger charge is 2.24. The summed E-state index contributed by atoms with van der Waals surface area (Å²) in [5.41, 5.74) is 5.64. The van der Waals surface area contributed by atoms with Crippen molar-refractivity contribution in [1.29, 1.82) is 0 Å². The van der Waals surface area contributed by atoms with Gasteiger partial charge < -0.3 is 19.9 Å². The maximum absolute atomic E-state index is 13.5. The molecule has 7 nitrogen and oxygen atoms in total. The summed E-state index contributed by atoms with van der Waals surface area (Å²) in [5, 5.41) is 3.01. The van der Waals surface area contributed by atoms with E-state index in [1.54, 1.807) is 6.07 Å². The van der Waals surface area contributed by atoms with Gasteiger partial charge in [0.1, 0.15) is 0 Å². The van der Waals surface area contributed by atoms with Crippen LogP contribution in [-0.4, -0.2) is 61.2 Å². The van der Waals surface area contributed by atoms with Gasteiger partial charge in [0.05, 0.1) is 19.8 Å². The number of anilines is 1. The number of morpholine rings is 1. The summed E-state index contributed by atoms with van der Waals surface area (Å²) in [5.74, 6) is 6.48. The second-order valence-corrected chi connectivity index (χ2v) is 10.5. The van der Waals surface area contributed by atoms with Crippen LogP contribution in [0.2, 0.25) is 0 Å². The summed E-state index contributed by atoms with van der Waals surface area (Å²) in [7, 11) is 0. The van der Waals surface area contributed by atoms with Crippen molar-refractivity contribution >= 4 is 11.6 Å². The number of carbonyl (C=O) groups excluding carboxylic acids is 1. The zero-order valence-corrected chi connectivity index (χ0v) is 23.4. The Morgan fingerprint density at radius 3 is 2.55 bits per heavy atom. The third-order valence-electron chi connectivity index (χ3n) is 7.84. The van der Waals surface area contributed by atoms with Gasteiger partial charge in [0.15, 0.2) is 5.43 Å². The SMILES string of the molecule is CCN(c1cc(C#CCN2CCOCC2)cc(C(=O)NCc2c(C)[nH]c(C)cc2=O)c1C)C1CCCCC1. The van der Waals surface area contributed by atoms with Gasteiger partial charge in [0.25, 0.3) is 5.91 Å². The van der Waals surface area contributed by atoms with Crippen molar-refractivity contribution in [3.8, 4) is 11.8 Å². The number of aromatic amines is 1. The molecule has 2 aliphatic rings. The molecule has 1 aromatic carbocycles. The molecule has 1 saturated carbocycles. The average Bonchev–Trinajstić information content (AvgIpc) is 2.91. The molecule has 4 rings (SSSR count). The molecule has 1 aliphatic heterocycles. The fraction of sp³-hybridized carbons (Fsp3) is 0.548. The molecule has 2 heterocycles. The van der Waals surface area contributed by atoms with Crippen LogP contribution in [0.1, 0.15) is 77.5 Å². The summed E-state index contributed by atoms with van der Waals surface area (Å²) in [6.45, 7) is 13.0. The number of pyridine rings is 1. The van der Waals surface area contributed by atoms with E-state index in [4.69, 9.17) is 4.74 Å². The number of hydrogen-bond acceptors (Lipinski definition) is 5. The Kier molecular flexibility index (Phi) is 9.65. The summed E-state index contributed by atoms with van der Waals surface area (Å²) in [6, 6.07) is 6.12. The fourth-order valence-corrected chi connectivity index (χ4v) is 5.70. The summed E-state index contributed by atoms with van der Waals surface area (Å²) in [4.78, 5) is 34.0. The molecule has 0 bridgehead atoms. The van der Waals surface area contributed by atoms with Crippen molar-refractivity contribution in [3.63, 3.8) is 0 Å². The zero-order chi connectivity index (χ0) is 27.1. The lowest BCUT2D eigenvalue weighted by molar-refractivity contribution is 0.0443. The molecule has 0 radical (unpaired) electrons. The predicted molar refractivity (Wildman–Crippen MR) is 153 cm³/mol. The molecule has 1 aromatic heterocycles. The van der Waals surface area contributed by atoms with Gasteiger partial charge in [-0.1, -0.05) is 31.1 Å². The van der Waals surface area contributed by atoms with Crippen molar-refractivity contribution in [2.24, 2.45) is 0 Å². The molecule has 2 N–H and O–H groups in total. The number of benzene rings is 1. The number of H-pyrrole nitrogens is 1.